The minimum Gasteiger partial charge on any atom is -0.452 e. The Morgan fingerprint density at radius 2 is 1.69 bits per heavy atom. The van der Waals surface area contributed by atoms with Crippen molar-refractivity contribution in [3.8, 4) is 0 Å². The van der Waals surface area contributed by atoms with Crippen LogP contribution in [0.2, 0.25) is 0 Å². The Hall–Kier alpha value is -2.71. The van der Waals surface area contributed by atoms with Crippen molar-refractivity contribution in [2.45, 2.75) is 31.7 Å². The summed E-state index contributed by atoms with van der Waals surface area (Å²) < 4.78 is 32.9. The molecule has 156 valence electrons. The predicted octanol–water partition coefficient (Wildman–Crippen LogP) is 2.66. The van der Waals surface area contributed by atoms with Crippen molar-refractivity contribution in [1.29, 1.82) is 0 Å². The van der Waals surface area contributed by atoms with Gasteiger partial charge >= 0.3 is 5.97 Å². The number of amides is 1. The molecule has 0 spiro atoms. The number of hydrogen-bond donors (Lipinski definition) is 2. The van der Waals surface area contributed by atoms with Crippen molar-refractivity contribution in [3.63, 3.8) is 0 Å². The van der Waals surface area contributed by atoms with Crippen molar-refractivity contribution in [2.75, 3.05) is 13.2 Å². The molecule has 2 rings (SSSR count). The van der Waals surface area contributed by atoms with E-state index in [9.17, 15) is 18.0 Å². The van der Waals surface area contributed by atoms with Gasteiger partial charge in [-0.25, -0.2) is 17.9 Å². The van der Waals surface area contributed by atoms with Gasteiger partial charge in [-0.2, -0.15) is 0 Å². The van der Waals surface area contributed by atoms with Crippen LogP contribution in [0.15, 0.2) is 59.5 Å². The topological polar surface area (TPSA) is 102 Å². The lowest BCUT2D eigenvalue weighted by Gasteiger charge is -2.15. The van der Waals surface area contributed by atoms with Gasteiger partial charge in [0.2, 0.25) is 10.0 Å². The Kier molecular flexibility index (Phi) is 7.92. The first-order chi connectivity index (χ1) is 13.7. The number of hydrogen-bond acceptors (Lipinski definition) is 5. The van der Waals surface area contributed by atoms with Crippen molar-refractivity contribution in [3.05, 3.63) is 65.7 Å². The minimum absolute atomic E-state index is 0.0527. The normalized spacial score (nSPS) is 12.4. The second-order valence-corrected chi connectivity index (χ2v) is 8.77. The second kappa shape index (κ2) is 10.2. The van der Waals surface area contributed by atoms with Crippen LogP contribution in [0, 0.1) is 5.92 Å². The molecule has 0 radical (unpaired) electrons. The maximum Gasteiger partial charge on any atom is 0.338 e. The van der Waals surface area contributed by atoms with Gasteiger partial charge in [0.1, 0.15) is 0 Å². The molecule has 0 aliphatic carbocycles. The van der Waals surface area contributed by atoms with Crippen molar-refractivity contribution in [1.82, 2.24) is 10.0 Å². The summed E-state index contributed by atoms with van der Waals surface area (Å²) in [5, 5.41) is 2.64. The van der Waals surface area contributed by atoms with Crippen molar-refractivity contribution < 1.29 is 22.7 Å². The van der Waals surface area contributed by atoms with Gasteiger partial charge in [0.15, 0.2) is 6.61 Å². The van der Waals surface area contributed by atoms with Gasteiger partial charge in [-0.05, 0) is 36.6 Å². The first kappa shape index (κ1) is 22.6. The van der Waals surface area contributed by atoms with E-state index in [0.717, 1.165) is 5.56 Å². The van der Waals surface area contributed by atoms with Crippen LogP contribution in [0.1, 0.15) is 42.7 Å². The summed E-state index contributed by atoms with van der Waals surface area (Å²) in [6.45, 7) is 5.69. The molecule has 0 aliphatic rings. The van der Waals surface area contributed by atoms with Crippen LogP contribution < -0.4 is 10.0 Å². The average Bonchev–Trinajstić information content (AvgIpc) is 2.70. The first-order valence-electron chi connectivity index (χ1n) is 9.30. The third kappa shape index (κ3) is 6.99. The molecule has 0 aromatic heterocycles. The highest BCUT2D eigenvalue weighted by Gasteiger charge is 2.20. The summed E-state index contributed by atoms with van der Waals surface area (Å²) in [6, 6.07) is 14.2. The van der Waals surface area contributed by atoms with E-state index in [2.05, 4.69) is 10.0 Å². The Morgan fingerprint density at radius 1 is 1.00 bits per heavy atom. The number of carbonyl (C=O) groups excluding carboxylic acids is 2. The van der Waals surface area contributed by atoms with E-state index < -0.39 is 34.5 Å². The van der Waals surface area contributed by atoms with Crippen LogP contribution in [0.3, 0.4) is 0 Å². The van der Waals surface area contributed by atoms with Gasteiger partial charge < -0.3 is 10.1 Å². The Morgan fingerprint density at radius 3 is 2.34 bits per heavy atom. The van der Waals surface area contributed by atoms with Crippen LogP contribution in [-0.4, -0.2) is 33.4 Å². The molecule has 0 saturated heterocycles. The zero-order chi connectivity index (χ0) is 21.4. The van der Waals surface area contributed by atoms with Gasteiger partial charge in [-0.15, -0.1) is 0 Å². The fourth-order valence-electron chi connectivity index (χ4n) is 2.48. The molecule has 2 aromatic rings. The molecule has 8 heteroatoms. The van der Waals surface area contributed by atoms with E-state index in [1.54, 1.807) is 6.92 Å². The van der Waals surface area contributed by atoms with Gasteiger partial charge in [0.25, 0.3) is 5.91 Å². The molecule has 0 bridgehead atoms. The fourth-order valence-corrected chi connectivity index (χ4v) is 3.76. The van der Waals surface area contributed by atoms with Crippen LogP contribution in [0.25, 0.3) is 0 Å². The maximum atomic E-state index is 12.7. The van der Waals surface area contributed by atoms with Gasteiger partial charge in [0.05, 0.1) is 10.5 Å². The summed E-state index contributed by atoms with van der Waals surface area (Å²) in [5.41, 5.74) is 0.871. The number of carbonyl (C=O) groups is 2. The zero-order valence-electron chi connectivity index (χ0n) is 16.7. The van der Waals surface area contributed by atoms with Crippen LogP contribution >= 0.6 is 0 Å². The Balaban J connectivity index is 2.03. The molecule has 2 N–H and O–H groups in total. The number of ether oxygens (including phenoxy) is 1. The number of rotatable bonds is 9. The summed E-state index contributed by atoms with van der Waals surface area (Å²) in [4.78, 5) is 23.8. The third-order valence-corrected chi connectivity index (χ3v) is 5.59. The number of esters is 1. The van der Waals surface area contributed by atoms with E-state index in [1.165, 1.54) is 24.3 Å². The minimum atomic E-state index is -3.85. The molecular weight excluding hydrogens is 392 g/mol. The van der Waals surface area contributed by atoms with Gasteiger partial charge in [0, 0.05) is 12.6 Å². The Bertz CT molecular complexity index is 943. The molecule has 7 nitrogen and oxygen atoms in total. The molecule has 2 aromatic carbocycles. The lowest BCUT2D eigenvalue weighted by Crippen LogP contribution is -2.31. The van der Waals surface area contributed by atoms with Crippen molar-refractivity contribution >= 4 is 21.9 Å². The molecule has 1 amide bonds. The summed E-state index contributed by atoms with van der Waals surface area (Å²) in [7, 11) is -3.85. The highest BCUT2D eigenvalue weighted by atomic mass is 32.2. The number of nitrogens with one attached hydrogen (secondary N) is 2. The zero-order valence-corrected chi connectivity index (χ0v) is 17.5. The largest absolute Gasteiger partial charge is 0.452 e. The fraction of sp³-hybridized carbons (Fsp3) is 0.333. The number of sulfonamides is 1. The quantitative estimate of drug-likeness (QED) is 0.610. The highest BCUT2D eigenvalue weighted by Crippen LogP contribution is 2.18. The third-order valence-electron chi connectivity index (χ3n) is 4.05. The molecule has 29 heavy (non-hydrogen) atoms. The SMILES string of the molecule is CC(C)CNC(=O)COC(=O)c1cccc(S(=O)(=O)N[C@@H](C)c2ccccc2)c1. The van der Waals surface area contributed by atoms with Crippen LogP contribution in [-0.2, 0) is 19.6 Å². The monoisotopic (exact) mass is 418 g/mol. The molecule has 0 saturated carbocycles. The molecule has 0 unspecified atom stereocenters. The smallest absolute Gasteiger partial charge is 0.338 e. The van der Waals surface area contributed by atoms with E-state index in [-0.39, 0.29) is 16.4 Å². The standard InChI is InChI=1S/C21H26N2O5S/c1-15(2)13-22-20(24)14-28-21(25)18-10-7-11-19(12-18)29(26,27)23-16(3)17-8-5-4-6-9-17/h4-12,15-16,23H,13-14H2,1-3H3,(H,22,24)/t16-/m0/s1. The van der Waals surface area contributed by atoms with E-state index in [0.29, 0.717) is 6.54 Å². The van der Waals surface area contributed by atoms with E-state index in [1.807, 2.05) is 44.2 Å². The lowest BCUT2D eigenvalue weighted by molar-refractivity contribution is -0.124. The Labute approximate surface area is 171 Å². The lowest BCUT2D eigenvalue weighted by atomic mass is 10.1. The van der Waals surface area contributed by atoms with Gasteiger partial charge in [-0.3, -0.25) is 4.79 Å². The van der Waals surface area contributed by atoms with Crippen LogP contribution in [0.5, 0.6) is 0 Å². The van der Waals surface area contributed by atoms with Crippen molar-refractivity contribution in [2.24, 2.45) is 5.92 Å². The summed E-state index contributed by atoms with van der Waals surface area (Å²) in [6.07, 6.45) is 0. The molecule has 0 heterocycles. The van der Waals surface area contributed by atoms with E-state index >= 15 is 0 Å². The molecule has 1 atom stereocenters. The van der Waals surface area contributed by atoms with Gasteiger partial charge in [-0.1, -0.05) is 50.2 Å². The predicted molar refractivity (Wildman–Crippen MR) is 110 cm³/mol. The summed E-state index contributed by atoms with van der Waals surface area (Å²) in [5.74, 6) is -0.894. The first-order valence-corrected chi connectivity index (χ1v) is 10.8. The average molecular weight is 419 g/mol. The molecular formula is C21H26N2O5S. The maximum absolute atomic E-state index is 12.7. The molecule has 0 aliphatic heterocycles. The highest BCUT2D eigenvalue weighted by molar-refractivity contribution is 7.89. The number of benzene rings is 2. The van der Waals surface area contributed by atoms with Crippen LogP contribution in [0.4, 0.5) is 0 Å². The van der Waals surface area contributed by atoms with E-state index in [4.69, 9.17) is 4.74 Å². The summed E-state index contributed by atoms with van der Waals surface area (Å²) >= 11 is 0. The molecule has 0 fully saturated rings. The second-order valence-electron chi connectivity index (χ2n) is 7.06.